The zero-order valence-corrected chi connectivity index (χ0v) is 15.5. The normalized spacial score (nSPS) is 23.6. The summed E-state index contributed by atoms with van der Waals surface area (Å²) in [6, 6.07) is 3.08. The average Bonchev–Trinajstić information content (AvgIpc) is 3.35. The number of amides is 4. The number of aryl methyl sites for hydroxylation is 1. The van der Waals surface area contributed by atoms with Crippen LogP contribution in [0, 0.1) is 5.92 Å². The van der Waals surface area contributed by atoms with E-state index in [1.165, 1.54) is 0 Å². The van der Waals surface area contributed by atoms with E-state index in [2.05, 4.69) is 10.6 Å². The van der Waals surface area contributed by atoms with Gasteiger partial charge in [-0.15, -0.1) is 0 Å². The lowest BCUT2D eigenvalue weighted by atomic mass is 9.96. The molecule has 1 saturated heterocycles. The Morgan fingerprint density at radius 2 is 2.00 bits per heavy atom. The number of benzene rings is 1. The topological polar surface area (TPSA) is 97.0 Å². The second-order valence-corrected chi connectivity index (χ2v) is 7.46. The molecule has 0 unspecified atom stereocenters. The number of anilines is 1. The van der Waals surface area contributed by atoms with Crippen molar-refractivity contribution in [1.82, 2.24) is 10.2 Å². The summed E-state index contributed by atoms with van der Waals surface area (Å²) >= 11 is 0. The molecule has 4 rings (SSSR count). The highest BCUT2D eigenvalue weighted by Crippen LogP contribution is 2.42. The number of nitrogens with zero attached hydrogens (tertiary/aromatic N) is 1. The van der Waals surface area contributed by atoms with Gasteiger partial charge < -0.3 is 20.1 Å². The molecule has 0 spiro atoms. The summed E-state index contributed by atoms with van der Waals surface area (Å²) in [5.41, 5.74) is 0.655. The molecule has 0 radical (unpaired) electrons. The quantitative estimate of drug-likeness (QED) is 0.744. The number of imide groups is 1. The lowest BCUT2D eigenvalue weighted by molar-refractivity contribution is -0.134. The van der Waals surface area contributed by atoms with Crippen LogP contribution in [0.4, 0.5) is 10.5 Å². The fourth-order valence-corrected chi connectivity index (χ4v) is 3.71. The summed E-state index contributed by atoms with van der Waals surface area (Å²) in [7, 11) is 0. The van der Waals surface area contributed by atoms with Crippen molar-refractivity contribution in [1.29, 1.82) is 0 Å². The monoisotopic (exact) mass is 373 g/mol. The van der Waals surface area contributed by atoms with Crippen molar-refractivity contribution in [3.05, 3.63) is 17.7 Å². The van der Waals surface area contributed by atoms with E-state index >= 15 is 0 Å². The molecule has 0 aromatic heterocycles. The van der Waals surface area contributed by atoms with E-state index in [1.807, 2.05) is 13.0 Å². The molecule has 1 saturated carbocycles. The van der Waals surface area contributed by atoms with Crippen LogP contribution >= 0.6 is 0 Å². The molecule has 144 valence electrons. The molecule has 1 atom stereocenters. The Kier molecular flexibility index (Phi) is 4.20. The van der Waals surface area contributed by atoms with Gasteiger partial charge >= 0.3 is 6.03 Å². The molecule has 1 aliphatic carbocycles. The van der Waals surface area contributed by atoms with Crippen LogP contribution in [0.2, 0.25) is 0 Å². The Morgan fingerprint density at radius 3 is 2.67 bits per heavy atom. The number of hydrogen-bond donors (Lipinski definition) is 2. The van der Waals surface area contributed by atoms with Crippen LogP contribution in [0.25, 0.3) is 0 Å². The van der Waals surface area contributed by atoms with Gasteiger partial charge in [-0.25, -0.2) is 4.79 Å². The van der Waals surface area contributed by atoms with E-state index in [-0.39, 0.29) is 25.2 Å². The van der Waals surface area contributed by atoms with Crippen molar-refractivity contribution in [3.63, 3.8) is 0 Å². The molecule has 2 N–H and O–H groups in total. The van der Waals surface area contributed by atoms with Gasteiger partial charge in [0.05, 0.1) is 0 Å². The minimum atomic E-state index is -0.885. The van der Waals surface area contributed by atoms with Crippen molar-refractivity contribution in [2.75, 3.05) is 18.7 Å². The van der Waals surface area contributed by atoms with E-state index in [4.69, 9.17) is 9.47 Å². The lowest BCUT2D eigenvalue weighted by Gasteiger charge is -2.21. The summed E-state index contributed by atoms with van der Waals surface area (Å²) in [5.74, 6) is 0.638. The predicted molar refractivity (Wildman–Crippen MR) is 96.6 cm³/mol. The van der Waals surface area contributed by atoms with Crippen LogP contribution in [0.3, 0.4) is 0 Å². The highest BCUT2D eigenvalue weighted by molar-refractivity contribution is 6.10. The standard InChI is InChI=1S/C19H23N3O5/c1-3-4-11-7-14-15(27-10-26-14)8-13(11)20-16(23)9-22-17(24)19(2,12-5-6-12)21-18(22)25/h7-8,12H,3-6,9-10H2,1-2H3,(H,20,23)(H,21,25)/t19-/m1/s1. The van der Waals surface area contributed by atoms with Crippen molar-refractivity contribution in [3.8, 4) is 11.5 Å². The number of rotatable bonds is 6. The SMILES string of the molecule is CCCc1cc2c(cc1NC(=O)CN1C(=O)N[C@](C)(C3CC3)C1=O)OCO2. The number of urea groups is 1. The lowest BCUT2D eigenvalue weighted by Crippen LogP contribution is -2.46. The fourth-order valence-electron chi connectivity index (χ4n) is 3.71. The number of nitrogens with one attached hydrogen (secondary N) is 2. The predicted octanol–water partition coefficient (Wildman–Crippen LogP) is 2.03. The summed E-state index contributed by atoms with van der Waals surface area (Å²) in [6.45, 7) is 3.62. The van der Waals surface area contributed by atoms with E-state index < -0.39 is 17.5 Å². The van der Waals surface area contributed by atoms with Gasteiger partial charge in [0.1, 0.15) is 12.1 Å². The summed E-state index contributed by atoms with van der Waals surface area (Å²) in [5, 5.41) is 5.56. The zero-order chi connectivity index (χ0) is 19.2. The molecule has 27 heavy (non-hydrogen) atoms. The smallest absolute Gasteiger partial charge is 0.325 e. The van der Waals surface area contributed by atoms with Gasteiger partial charge in [0.2, 0.25) is 12.7 Å². The number of fused-ring (bicyclic) bond motifs is 1. The molecular formula is C19H23N3O5. The maximum atomic E-state index is 12.7. The maximum absolute atomic E-state index is 12.7. The van der Waals surface area contributed by atoms with Crippen LogP contribution in [0.5, 0.6) is 11.5 Å². The third kappa shape index (κ3) is 3.09. The van der Waals surface area contributed by atoms with Gasteiger partial charge in [-0.05, 0) is 43.7 Å². The molecule has 1 aromatic carbocycles. The summed E-state index contributed by atoms with van der Waals surface area (Å²) < 4.78 is 10.8. The Bertz CT molecular complexity index is 820. The van der Waals surface area contributed by atoms with Gasteiger partial charge in [-0.1, -0.05) is 13.3 Å². The van der Waals surface area contributed by atoms with Crippen LogP contribution in [-0.2, 0) is 16.0 Å². The highest BCUT2D eigenvalue weighted by atomic mass is 16.7. The summed E-state index contributed by atoms with van der Waals surface area (Å²) in [4.78, 5) is 38.4. The number of carbonyl (C=O) groups is 3. The third-order valence-electron chi connectivity index (χ3n) is 5.39. The molecule has 2 fully saturated rings. The number of ether oxygens (including phenoxy) is 2. The van der Waals surface area contributed by atoms with Gasteiger partial charge in [0.25, 0.3) is 5.91 Å². The largest absolute Gasteiger partial charge is 0.454 e. The van der Waals surface area contributed by atoms with E-state index in [0.29, 0.717) is 17.2 Å². The number of carbonyl (C=O) groups excluding carboxylic acids is 3. The van der Waals surface area contributed by atoms with E-state index in [0.717, 1.165) is 36.1 Å². The van der Waals surface area contributed by atoms with E-state index in [1.54, 1.807) is 13.0 Å². The van der Waals surface area contributed by atoms with Gasteiger partial charge in [0.15, 0.2) is 11.5 Å². The van der Waals surface area contributed by atoms with Gasteiger partial charge in [-0.3, -0.25) is 14.5 Å². The molecule has 8 nitrogen and oxygen atoms in total. The molecule has 8 heteroatoms. The maximum Gasteiger partial charge on any atom is 0.325 e. The first-order chi connectivity index (χ1) is 12.9. The molecule has 3 aliphatic rings. The summed E-state index contributed by atoms with van der Waals surface area (Å²) in [6.07, 6.45) is 3.49. The zero-order valence-electron chi connectivity index (χ0n) is 15.5. The Labute approximate surface area is 157 Å². The van der Waals surface area contributed by atoms with Crippen molar-refractivity contribution in [2.24, 2.45) is 5.92 Å². The Balaban J connectivity index is 1.48. The van der Waals surface area contributed by atoms with Crippen LogP contribution in [-0.4, -0.2) is 41.6 Å². The highest BCUT2D eigenvalue weighted by Gasteiger charge is 2.56. The molecule has 1 aromatic rings. The first-order valence-corrected chi connectivity index (χ1v) is 9.29. The third-order valence-corrected chi connectivity index (χ3v) is 5.39. The molecule has 0 bridgehead atoms. The van der Waals surface area contributed by atoms with Gasteiger partial charge in [-0.2, -0.15) is 0 Å². The van der Waals surface area contributed by atoms with E-state index in [9.17, 15) is 14.4 Å². The van der Waals surface area contributed by atoms with Crippen LogP contribution in [0.1, 0.15) is 38.7 Å². The molecular weight excluding hydrogens is 350 g/mol. The van der Waals surface area contributed by atoms with Crippen molar-refractivity contribution >= 4 is 23.5 Å². The molecule has 4 amide bonds. The minimum absolute atomic E-state index is 0.153. The first kappa shape index (κ1) is 17.6. The molecule has 2 heterocycles. The second kappa shape index (κ2) is 6.44. The molecule has 2 aliphatic heterocycles. The van der Waals surface area contributed by atoms with Crippen molar-refractivity contribution in [2.45, 2.75) is 45.1 Å². The van der Waals surface area contributed by atoms with Gasteiger partial charge in [0, 0.05) is 11.8 Å². The van der Waals surface area contributed by atoms with Crippen LogP contribution < -0.4 is 20.1 Å². The Morgan fingerprint density at radius 1 is 1.30 bits per heavy atom. The Hall–Kier alpha value is -2.77. The first-order valence-electron chi connectivity index (χ1n) is 9.29. The second-order valence-electron chi connectivity index (χ2n) is 7.46. The minimum Gasteiger partial charge on any atom is -0.454 e. The number of hydrogen-bond acceptors (Lipinski definition) is 5. The van der Waals surface area contributed by atoms with Crippen LogP contribution in [0.15, 0.2) is 12.1 Å². The fraction of sp³-hybridized carbons (Fsp3) is 0.526. The average molecular weight is 373 g/mol. The van der Waals surface area contributed by atoms with Crippen molar-refractivity contribution < 1.29 is 23.9 Å².